The molecule has 0 saturated carbocycles. The molecule has 1 saturated heterocycles. The van der Waals surface area contributed by atoms with Crippen LogP contribution in [0.2, 0.25) is 0 Å². The van der Waals surface area contributed by atoms with Gasteiger partial charge in [0.05, 0.1) is 5.69 Å². The van der Waals surface area contributed by atoms with E-state index in [-0.39, 0.29) is 16.2 Å². The summed E-state index contributed by atoms with van der Waals surface area (Å²) in [5.41, 5.74) is 6.22. The Morgan fingerprint density at radius 2 is 1.91 bits per heavy atom. The molecule has 1 N–H and O–H groups in total. The van der Waals surface area contributed by atoms with Crippen LogP contribution < -0.4 is 15.1 Å². The Kier molecular flexibility index (Phi) is 5.91. The van der Waals surface area contributed by atoms with Gasteiger partial charge in [0.15, 0.2) is 5.11 Å². The molecule has 6 heteroatoms. The standard InChI is InChI=1S/C27H31N3O2S/c1-7-29-23-12-17(3)19(13-21(23)18(4)15-27(29,5)6)14-22-24(31)28-26(33)30(25(22)32)20-10-8-9-16(2)11-20/h8-14,18H,7,15H2,1-6H3,(H,28,31,33)/b22-14+. The van der Waals surface area contributed by atoms with E-state index in [2.05, 4.69) is 50.0 Å². The topological polar surface area (TPSA) is 52.7 Å². The molecular formula is C27H31N3O2S. The maximum Gasteiger partial charge on any atom is 0.270 e. The highest BCUT2D eigenvalue weighted by atomic mass is 32.1. The molecule has 33 heavy (non-hydrogen) atoms. The van der Waals surface area contributed by atoms with Gasteiger partial charge in [-0.05, 0) is 112 Å². The molecule has 4 rings (SSSR count). The molecule has 2 aromatic rings. The molecule has 0 spiro atoms. The van der Waals surface area contributed by atoms with Gasteiger partial charge < -0.3 is 4.90 Å². The molecule has 172 valence electrons. The van der Waals surface area contributed by atoms with Crippen LogP contribution in [0.4, 0.5) is 11.4 Å². The highest BCUT2D eigenvalue weighted by molar-refractivity contribution is 7.80. The number of amides is 2. The lowest BCUT2D eigenvalue weighted by Gasteiger charge is -2.47. The molecule has 1 atom stereocenters. The summed E-state index contributed by atoms with van der Waals surface area (Å²) in [5.74, 6) is -0.492. The zero-order valence-corrected chi connectivity index (χ0v) is 21.0. The van der Waals surface area contributed by atoms with Gasteiger partial charge in [-0.1, -0.05) is 19.1 Å². The van der Waals surface area contributed by atoms with Gasteiger partial charge in [0.25, 0.3) is 11.8 Å². The van der Waals surface area contributed by atoms with Gasteiger partial charge in [-0.3, -0.25) is 19.8 Å². The molecule has 2 aromatic carbocycles. The molecule has 2 amide bonds. The minimum Gasteiger partial charge on any atom is -0.366 e. The van der Waals surface area contributed by atoms with E-state index in [1.54, 1.807) is 6.08 Å². The van der Waals surface area contributed by atoms with Crippen molar-refractivity contribution in [2.24, 2.45) is 0 Å². The van der Waals surface area contributed by atoms with Crippen molar-refractivity contribution in [1.29, 1.82) is 0 Å². The molecule has 0 bridgehead atoms. The number of anilines is 2. The number of hydrogen-bond acceptors (Lipinski definition) is 4. The third-order valence-electron chi connectivity index (χ3n) is 6.75. The number of carbonyl (C=O) groups is 2. The quantitative estimate of drug-likeness (QED) is 0.386. The summed E-state index contributed by atoms with van der Waals surface area (Å²) in [7, 11) is 0. The summed E-state index contributed by atoms with van der Waals surface area (Å²) >= 11 is 5.33. The Bertz CT molecular complexity index is 1200. The molecule has 0 aliphatic carbocycles. The van der Waals surface area contributed by atoms with Crippen LogP contribution in [0.15, 0.2) is 42.0 Å². The Labute approximate surface area is 201 Å². The molecule has 1 fully saturated rings. The lowest BCUT2D eigenvalue weighted by molar-refractivity contribution is -0.122. The van der Waals surface area contributed by atoms with Gasteiger partial charge in [0.1, 0.15) is 5.57 Å². The van der Waals surface area contributed by atoms with Crippen LogP contribution in [0.5, 0.6) is 0 Å². The fourth-order valence-electron chi connectivity index (χ4n) is 5.22. The first kappa shape index (κ1) is 23.2. The summed E-state index contributed by atoms with van der Waals surface area (Å²) in [6.07, 6.45) is 2.75. The zero-order chi connectivity index (χ0) is 24.1. The van der Waals surface area contributed by atoms with Crippen molar-refractivity contribution in [3.05, 3.63) is 64.2 Å². The maximum atomic E-state index is 13.4. The molecule has 5 nitrogen and oxygen atoms in total. The van der Waals surface area contributed by atoms with Crippen LogP contribution >= 0.6 is 12.2 Å². The SMILES string of the molecule is CCN1c2cc(C)c(/C=C3\C(=O)NC(=S)N(c4cccc(C)c4)C3=O)cc2C(C)CC1(C)C. The largest absolute Gasteiger partial charge is 0.366 e. The molecule has 2 heterocycles. The normalized spacial score (nSPS) is 21.3. The van der Waals surface area contributed by atoms with Crippen LogP contribution in [0, 0.1) is 13.8 Å². The number of aryl methyl sites for hydroxylation is 2. The monoisotopic (exact) mass is 461 g/mol. The third-order valence-corrected chi connectivity index (χ3v) is 7.04. The Hall–Kier alpha value is -2.99. The van der Waals surface area contributed by atoms with Crippen molar-refractivity contribution in [2.75, 3.05) is 16.3 Å². The highest BCUT2D eigenvalue weighted by Crippen LogP contribution is 2.44. The van der Waals surface area contributed by atoms with Gasteiger partial charge in [-0.15, -0.1) is 0 Å². The Morgan fingerprint density at radius 1 is 1.18 bits per heavy atom. The summed E-state index contributed by atoms with van der Waals surface area (Å²) in [5, 5.41) is 2.79. The number of thiocarbonyl (C=S) groups is 1. The number of hydrogen-bond donors (Lipinski definition) is 1. The Balaban J connectivity index is 1.78. The van der Waals surface area contributed by atoms with Gasteiger partial charge >= 0.3 is 0 Å². The summed E-state index contributed by atoms with van der Waals surface area (Å²) in [6, 6.07) is 11.9. The van der Waals surface area contributed by atoms with E-state index in [1.807, 2.05) is 38.1 Å². The van der Waals surface area contributed by atoms with Gasteiger partial charge in [0.2, 0.25) is 0 Å². The van der Waals surface area contributed by atoms with E-state index in [4.69, 9.17) is 12.2 Å². The van der Waals surface area contributed by atoms with Crippen molar-refractivity contribution in [3.63, 3.8) is 0 Å². The second kappa shape index (κ2) is 8.41. The molecule has 0 aromatic heterocycles. The first-order valence-corrected chi connectivity index (χ1v) is 11.8. The number of nitrogens with zero attached hydrogens (tertiary/aromatic N) is 2. The average molecular weight is 462 g/mol. The van der Waals surface area contributed by atoms with Crippen LogP contribution in [0.1, 0.15) is 62.3 Å². The number of nitrogens with one attached hydrogen (secondary N) is 1. The Morgan fingerprint density at radius 3 is 2.58 bits per heavy atom. The van der Waals surface area contributed by atoms with Crippen LogP contribution in [0.25, 0.3) is 6.08 Å². The molecule has 2 aliphatic rings. The van der Waals surface area contributed by atoms with Gasteiger partial charge in [0, 0.05) is 17.8 Å². The molecule has 1 unspecified atom stereocenters. The van der Waals surface area contributed by atoms with Crippen molar-refractivity contribution in [1.82, 2.24) is 5.32 Å². The lowest BCUT2D eigenvalue weighted by Crippen LogP contribution is -2.54. The lowest BCUT2D eigenvalue weighted by atomic mass is 9.79. The molecule has 0 radical (unpaired) electrons. The van der Waals surface area contributed by atoms with Gasteiger partial charge in [-0.25, -0.2) is 0 Å². The number of fused-ring (bicyclic) bond motifs is 1. The predicted octanol–water partition coefficient (Wildman–Crippen LogP) is 5.25. The summed E-state index contributed by atoms with van der Waals surface area (Å²) in [4.78, 5) is 30.0. The predicted molar refractivity (Wildman–Crippen MR) is 139 cm³/mol. The van der Waals surface area contributed by atoms with E-state index < -0.39 is 11.8 Å². The van der Waals surface area contributed by atoms with E-state index in [0.717, 1.165) is 29.7 Å². The van der Waals surface area contributed by atoms with Gasteiger partial charge in [-0.2, -0.15) is 0 Å². The van der Waals surface area contributed by atoms with Crippen LogP contribution in [0.3, 0.4) is 0 Å². The number of carbonyl (C=O) groups excluding carboxylic acids is 2. The minimum absolute atomic E-state index is 0.0802. The zero-order valence-electron chi connectivity index (χ0n) is 20.2. The number of rotatable bonds is 3. The van der Waals surface area contributed by atoms with E-state index >= 15 is 0 Å². The minimum atomic E-state index is -0.463. The third kappa shape index (κ3) is 4.08. The number of benzene rings is 2. The fraction of sp³-hybridized carbons (Fsp3) is 0.370. The van der Waals surface area contributed by atoms with Crippen LogP contribution in [-0.4, -0.2) is 29.0 Å². The molecule has 2 aliphatic heterocycles. The fourth-order valence-corrected chi connectivity index (χ4v) is 5.50. The van der Waals surface area contributed by atoms with E-state index in [9.17, 15) is 9.59 Å². The highest BCUT2D eigenvalue weighted by Gasteiger charge is 2.37. The first-order chi connectivity index (χ1) is 15.5. The molecular weight excluding hydrogens is 430 g/mol. The van der Waals surface area contributed by atoms with Crippen molar-refractivity contribution in [3.8, 4) is 0 Å². The second-order valence-corrected chi connectivity index (χ2v) is 10.1. The first-order valence-electron chi connectivity index (χ1n) is 11.4. The smallest absolute Gasteiger partial charge is 0.270 e. The summed E-state index contributed by atoms with van der Waals surface area (Å²) < 4.78 is 0. The van der Waals surface area contributed by atoms with E-state index in [1.165, 1.54) is 16.2 Å². The van der Waals surface area contributed by atoms with Crippen molar-refractivity contribution in [2.45, 2.75) is 59.4 Å². The van der Waals surface area contributed by atoms with E-state index in [0.29, 0.717) is 11.6 Å². The average Bonchev–Trinajstić information content (AvgIpc) is 2.71. The second-order valence-electron chi connectivity index (χ2n) is 9.73. The van der Waals surface area contributed by atoms with Crippen LogP contribution in [-0.2, 0) is 9.59 Å². The summed E-state index contributed by atoms with van der Waals surface area (Å²) in [6.45, 7) is 13.9. The van der Waals surface area contributed by atoms with Crippen molar-refractivity contribution < 1.29 is 9.59 Å². The maximum absolute atomic E-state index is 13.4. The van der Waals surface area contributed by atoms with Crippen molar-refractivity contribution >= 4 is 46.6 Å².